The predicted molar refractivity (Wildman–Crippen MR) is 210 cm³/mol. The molecule has 0 spiro atoms. The Morgan fingerprint density at radius 3 is 1.16 bits per heavy atom. The monoisotopic (exact) mass is 733 g/mol. The number of nitrogens with one attached hydrogen (secondary N) is 2. The van der Waals surface area contributed by atoms with Gasteiger partial charge < -0.3 is 20.0 Å². The van der Waals surface area contributed by atoms with Crippen LogP contribution >= 0.6 is 7.82 Å². The van der Waals surface area contributed by atoms with Gasteiger partial charge in [0.15, 0.2) is 0 Å². The van der Waals surface area contributed by atoms with Gasteiger partial charge in [-0.15, -0.1) is 0 Å². The fourth-order valence-electron chi connectivity index (χ4n) is 6.03. The number of likely N-dealkylation sites (N-methyl/N-ethyl adjacent to an activating group) is 1. The predicted octanol–water partition coefficient (Wildman–Crippen LogP) is 10.4. The Bertz CT molecular complexity index is 792. The van der Waals surface area contributed by atoms with Crippen LogP contribution in [-0.4, -0.2) is 74.7 Å². The van der Waals surface area contributed by atoms with Crippen molar-refractivity contribution in [2.45, 2.75) is 200 Å². The number of phosphoric ester groups is 1. The molecule has 0 fully saturated rings. The van der Waals surface area contributed by atoms with Crippen LogP contribution in [0.15, 0.2) is 0 Å². The summed E-state index contributed by atoms with van der Waals surface area (Å²) >= 11 is 0. The Labute approximate surface area is 309 Å². The summed E-state index contributed by atoms with van der Waals surface area (Å²) in [4.78, 5) is 35.5. The number of hydrogen-bond acceptors (Lipinski definition) is 5. The molecule has 3 N–H and O–H groups in total. The van der Waals surface area contributed by atoms with E-state index in [4.69, 9.17) is 9.05 Å². The maximum absolute atomic E-state index is 12.7. The molecule has 0 radical (unpaired) electrons. The lowest BCUT2D eigenvalue weighted by Gasteiger charge is -2.25. The van der Waals surface area contributed by atoms with Crippen molar-refractivity contribution in [3.63, 3.8) is 0 Å². The van der Waals surface area contributed by atoms with Gasteiger partial charge in [0.25, 0.3) is 0 Å². The normalized spacial score (nSPS) is 13.1. The van der Waals surface area contributed by atoms with Crippen LogP contribution in [0.5, 0.6) is 0 Å². The quantitative estimate of drug-likeness (QED) is 0.0331. The molecular weight excluding hydrogens is 649 g/mol. The van der Waals surface area contributed by atoms with E-state index in [0.717, 1.165) is 38.5 Å². The van der Waals surface area contributed by atoms with E-state index in [0.29, 0.717) is 23.9 Å². The molecule has 0 aliphatic heterocycles. The fourth-order valence-corrected chi connectivity index (χ4v) is 6.93. The van der Waals surface area contributed by atoms with E-state index in [-0.39, 0.29) is 31.5 Å². The van der Waals surface area contributed by atoms with Crippen LogP contribution in [0.25, 0.3) is 0 Å². The van der Waals surface area contributed by atoms with Crippen LogP contribution in [0.3, 0.4) is 0 Å². The zero-order chi connectivity index (χ0) is 37.2. The van der Waals surface area contributed by atoms with E-state index >= 15 is 0 Å². The molecule has 2 amide bonds. The van der Waals surface area contributed by atoms with Crippen molar-refractivity contribution < 1.29 is 32.6 Å². The molecule has 9 nitrogen and oxygen atoms in total. The van der Waals surface area contributed by atoms with Gasteiger partial charge in [0, 0.05) is 25.9 Å². The lowest BCUT2D eigenvalue weighted by atomic mass is 10.0. The van der Waals surface area contributed by atoms with E-state index in [1.54, 1.807) is 0 Å². The Morgan fingerprint density at radius 2 is 0.860 bits per heavy atom. The number of carbonyl (C=O) groups is 2. The molecule has 0 aromatic rings. The minimum absolute atomic E-state index is 0.0273. The van der Waals surface area contributed by atoms with Gasteiger partial charge in [0.1, 0.15) is 19.3 Å². The molecule has 0 aliphatic carbocycles. The number of nitrogens with zero attached hydrogens (tertiary/aromatic N) is 1. The highest BCUT2D eigenvalue weighted by Crippen LogP contribution is 2.44. The molecule has 50 heavy (non-hydrogen) atoms. The molecule has 298 valence electrons. The number of amides is 2. The van der Waals surface area contributed by atoms with Crippen molar-refractivity contribution in [2.24, 2.45) is 0 Å². The first-order valence-electron chi connectivity index (χ1n) is 21.0. The van der Waals surface area contributed by atoms with E-state index in [9.17, 15) is 19.0 Å². The third-order valence-corrected chi connectivity index (χ3v) is 10.4. The molecule has 0 rings (SSSR count). The van der Waals surface area contributed by atoms with Crippen LogP contribution in [0.2, 0.25) is 0 Å². The summed E-state index contributed by atoms with van der Waals surface area (Å²) in [6, 6.07) is 0. The Hall–Kier alpha value is -0.990. The van der Waals surface area contributed by atoms with Crippen molar-refractivity contribution in [3.8, 4) is 0 Å². The number of unbranched alkanes of at least 4 members (excludes halogenated alkanes) is 24. The van der Waals surface area contributed by atoms with Crippen LogP contribution in [0.1, 0.15) is 194 Å². The van der Waals surface area contributed by atoms with Crippen LogP contribution in [0.4, 0.5) is 0 Å². The highest BCUT2D eigenvalue weighted by atomic mass is 31.2. The van der Waals surface area contributed by atoms with Crippen LogP contribution < -0.4 is 10.6 Å². The minimum Gasteiger partial charge on any atom is -0.353 e. The summed E-state index contributed by atoms with van der Waals surface area (Å²) in [6.07, 6.45) is 32.4. The standard InChI is InChI=1S/C40H82N3O6P/c1-6-8-10-12-14-16-18-20-22-24-26-28-30-32-39(44)41-36-38(49-50(46,47)48-35-34-43(3,4)5)37-42-40(45)33-31-29-27-25-23-21-19-17-15-13-11-9-7-2/h38H,6-37H2,1-5H3,(H2-,41,42,44,45,46,47)/p+1. The summed E-state index contributed by atoms with van der Waals surface area (Å²) in [5.41, 5.74) is 0. The van der Waals surface area contributed by atoms with Gasteiger partial charge in [-0.05, 0) is 12.8 Å². The molecule has 0 bridgehead atoms. The largest absolute Gasteiger partial charge is 0.472 e. The summed E-state index contributed by atoms with van der Waals surface area (Å²) in [5, 5.41) is 5.68. The number of quaternary nitrogens is 1. The molecule has 0 saturated heterocycles. The Kier molecular flexibility index (Phi) is 33.2. The molecule has 0 saturated carbocycles. The van der Waals surface area contributed by atoms with Crippen molar-refractivity contribution in [3.05, 3.63) is 0 Å². The first-order chi connectivity index (χ1) is 24.0. The molecular formula is C40H83N3O6P+. The molecule has 0 heterocycles. The zero-order valence-corrected chi connectivity index (χ0v) is 34.5. The third-order valence-electron chi connectivity index (χ3n) is 9.37. The van der Waals surface area contributed by atoms with E-state index in [2.05, 4.69) is 24.5 Å². The average Bonchev–Trinajstić information content (AvgIpc) is 3.05. The highest BCUT2D eigenvalue weighted by molar-refractivity contribution is 7.47. The van der Waals surface area contributed by atoms with Crippen molar-refractivity contribution in [2.75, 3.05) is 47.4 Å². The fraction of sp³-hybridized carbons (Fsp3) is 0.950. The smallest absolute Gasteiger partial charge is 0.353 e. The zero-order valence-electron chi connectivity index (χ0n) is 33.6. The lowest BCUT2D eigenvalue weighted by molar-refractivity contribution is -0.870. The van der Waals surface area contributed by atoms with Gasteiger partial charge >= 0.3 is 7.82 Å². The first-order valence-corrected chi connectivity index (χ1v) is 22.5. The van der Waals surface area contributed by atoms with Gasteiger partial charge in [-0.2, -0.15) is 0 Å². The third kappa shape index (κ3) is 36.8. The van der Waals surface area contributed by atoms with E-state index in [1.807, 2.05) is 21.1 Å². The highest BCUT2D eigenvalue weighted by Gasteiger charge is 2.28. The van der Waals surface area contributed by atoms with Crippen molar-refractivity contribution in [1.82, 2.24) is 10.6 Å². The van der Waals surface area contributed by atoms with Crippen LogP contribution in [-0.2, 0) is 23.2 Å². The number of carbonyl (C=O) groups excluding carboxylic acids is 2. The van der Waals surface area contributed by atoms with Gasteiger partial charge in [-0.3, -0.25) is 18.6 Å². The van der Waals surface area contributed by atoms with E-state index < -0.39 is 13.9 Å². The maximum Gasteiger partial charge on any atom is 0.472 e. The molecule has 10 heteroatoms. The van der Waals surface area contributed by atoms with Gasteiger partial charge in [-0.25, -0.2) is 4.57 Å². The maximum atomic E-state index is 12.7. The molecule has 0 aliphatic rings. The van der Waals surface area contributed by atoms with Gasteiger partial charge in [0.05, 0.1) is 21.1 Å². The van der Waals surface area contributed by atoms with Crippen LogP contribution in [0, 0.1) is 0 Å². The first kappa shape index (κ1) is 49.0. The summed E-state index contributed by atoms with van der Waals surface area (Å²) in [7, 11) is 1.53. The topological polar surface area (TPSA) is 114 Å². The Balaban J connectivity index is 4.33. The number of hydrogen-bond donors (Lipinski definition) is 3. The molecule has 0 aromatic carbocycles. The van der Waals surface area contributed by atoms with Crippen molar-refractivity contribution in [1.29, 1.82) is 0 Å². The average molecular weight is 733 g/mol. The SMILES string of the molecule is CCCCCCCCCCCCCCCC(=O)NCC(CNC(=O)CCCCCCCCCCCCCCC)OP(=O)(O)OCC[N+](C)(C)C. The van der Waals surface area contributed by atoms with Gasteiger partial charge in [-0.1, -0.05) is 168 Å². The second-order valence-electron chi connectivity index (χ2n) is 15.6. The minimum atomic E-state index is -4.37. The number of rotatable bonds is 38. The summed E-state index contributed by atoms with van der Waals surface area (Å²) < 4.78 is 23.9. The van der Waals surface area contributed by atoms with Gasteiger partial charge in [0.2, 0.25) is 11.8 Å². The number of phosphoric acid groups is 1. The second kappa shape index (κ2) is 33.8. The second-order valence-corrected chi connectivity index (χ2v) is 17.0. The van der Waals surface area contributed by atoms with Crippen molar-refractivity contribution >= 4 is 19.6 Å². The molecule has 1 atom stereocenters. The summed E-state index contributed by atoms with van der Waals surface area (Å²) in [5.74, 6) is -0.225. The van der Waals surface area contributed by atoms with E-state index in [1.165, 1.54) is 128 Å². The molecule has 1 unspecified atom stereocenters. The lowest BCUT2D eigenvalue weighted by Crippen LogP contribution is -2.41. The summed E-state index contributed by atoms with van der Waals surface area (Å²) in [6.45, 7) is 5.15. The molecule has 0 aromatic heterocycles. The Morgan fingerprint density at radius 1 is 0.560 bits per heavy atom.